The maximum atomic E-state index is 12.6. The Morgan fingerprint density at radius 1 is 1.14 bits per heavy atom. The molecule has 0 aromatic rings. The van der Waals surface area contributed by atoms with E-state index in [1.54, 1.807) is 0 Å². The number of nitrogens with zero attached hydrogens (tertiary/aromatic N) is 1. The summed E-state index contributed by atoms with van der Waals surface area (Å²) in [6.07, 6.45) is 15.2. The fraction of sp³-hybridized carbons (Fsp3) is 0.810. The van der Waals surface area contributed by atoms with E-state index in [4.69, 9.17) is 29.8 Å². The minimum Gasteiger partial charge on any atom is -0.462 e. The van der Waals surface area contributed by atoms with Gasteiger partial charge in [0.25, 0.3) is 0 Å². The van der Waals surface area contributed by atoms with E-state index < -0.39 is 25.6 Å². The molecule has 2 fully saturated rings. The number of carbonyl (C=O) groups is 1. The molecular weight excluding hydrogens is 643 g/mol. The molecule has 2 heterocycles. The predicted molar refractivity (Wildman–Crippen MR) is 204 cm³/mol. The smallest absolute Gasteiger partial charge is 0.302 e. The molecule has 2 saturated heterocycles. The molecule has 0 aromatic heterocycles. The van der Waals surface area contributed by atoms with E-state index in [9.17, 15) is 10.1 Å². The Morgan fingerprint density at radius 3 is 2.34 bits per heavy atom. The molecule has 0 bridgehead atoms. The molecule has 2 aliphatic heterocycles. The summed E-state index contributed by atoms with van der Waals surface area (Å²) in [5.74, 6) is 2.28. The summed E-state index contributed by atoms with van der Waals surface area (Å²) in [5, 5.41) is 9.68. The zero-order valence-electron chi connectivity index (χ0n) is 33.5. The predicted octanol–water partition coefficient (Wildman–Crippen LogP) is 10.2. The first kappa shape index (κ1) is 42.5. The van der Waals surface area contributed by atoms with Crippen molar-refractivity contribution in [1.29, 1.82) is 5.26 Å². The molecule has 0 radical (unpaired) electrons. The van der Waals surface area contributed by atoms with Gasteiger partial charge in [-0.3, -0.25) is 4.79 Å². The Labute approximate surface area is 306 Å². The topological polar surface area (TPSA) is 87.0 Å². The van der Waals surface area contributed by atoms with Crippen LogP contribution >= 0.6 is 0 Å². The van der Waals surface area contributed by atoms with Crippen molar-refractivity contribution in [1.82, 2.24) is 0 Å². The summed E-state index contributed by atoms with van der Waals surface area (Å²) in [4.78, 5) is 12.6. The van der Waals surface area contributed by atoms with Crippen LogP contribution in [0.25, 0.3) is 0 Å². The van der Waals surface area contributed by atoms with E-state index in [2.05, 4.69) is 80.4 Å². The van der Waals surface area contributed by atoms with Gasteiger partial charge in [0.2, 0.25) is 0 Å². The lowest BCUT2D eigenvalue weighted by atomic mass is 9.58. The van der Waals surface area contributed by atoms with Gasteiger partial charge in [-0.2, -0.15) is 5.26 Å². The van der Waals surface area contributed by atoms with Crippen molar-refractivity contribution >= 4 is 14.3 Å². The summed E-state index contributed by atoms with van der Waals surface area (Å²) in [5.41, 5.74) is 4.73. The average Bonchev–Trinajstić information content (AvgIpc) is 3.59. The monoisotopic (exact) mass is 711 g/mol. The Kier molecular flexibility index (Phi) is 15.5. The number of hydrogen-bond acceptors (Lipinski definition) is 7. The van der Waals surface area contributed by atoms with E-state index in [1.807, 2.05) is 13.8 Å². The van der Waals surface area contributed by atoms with Crippen LogP contribution in [0.3, 0.4) is 0 Å². The highest BCUT2D eigenvalue weighted by Crippen LogP contribution is 2.53. The fourth-order valence-electron chi connectivity index (χ4n) is 9.94. The van der Waals surface area contributed by atoms with Gasteiger partial charge in [-0.15, -0.1) is 6.42 Å². The zero-order valence-corrected chi connectivity index (χ0v) is 34.5. The lowest BCUT2D eigenvalue weighted by Crippen LogP contribution is -2.48. The Morgan fingerprint density at radius 2 is 1.80 bits per heavy atom. The second kappa shape index (κ2) is 18.2. The summed E-state index contributed by atoms with van der Waals surface area (Å²) in [6, 6.07) is 2.34. The molecule has 0 amide bonds. The summed E-state index contributed by atoms with van der Waals surface area (Å²) in [7, 11) is -1.86. The van der Waals surface area contributed by atoms with Gasteiger partial charge < -0.3 is 23.4 Å². The van der Waals surface area contributed by atoms with E-state index in [1.165, 1.54) is 18.1 Å². The number of carbonyl (C=O) groups excluding carboxylic acids is 1. The van der Waals surface area contributed by atoms with Gasteiger partial charge in [-0.1, -0.05) is 66.0 Å². The standard InChI is InChI=1S/C42H69NO6Si/c1-14-37-33(10)36(38-27-45-41(12,13)49-38)21-23-42(37,22-17-24-43)39(47-34(11)44)20-15-18-31(8)40-32(9)26-35(48-40)19-16-25-46-50(28(2)3,29(4)5)30(6)7/h1,18,28-30,32,35,37-40H,15-17,19-23,25-27H2,2-13H3/b31-18+/t32-,35-,37+,38+,39+,40+,42+/m1/s1. The van der Waals surface area contributed by atoms with Gasteiger partial charge in [0.05, 0.1) is 30.8 Å². The van der Waals surface area contributed by atoms with Gasteiger partial charge in [0.15, 0.2) is 14.1 Å². The SMILES string of the molecule is C#C[C@H]1C(C)=C([C@@H]2COC(C)(C)O2)CC[C@]1(CCC#N)[C@H](CC/C=C(\C)[C@@H]1O[C@H](CCCO[Si](C(C)C)(C(C)C)C(C)C)C[C@H]1C)OC(C)=O. The van der Waals surface area contributed by atoms with Crippen molar-refractivity contribution < 1.29 is 28.2 Å². The Hall–Kier alpha value is -1.94. The third kappa shape index (κ3) is 9.72. The first-order valence-corrected chi connectivity index (χ1v) is 21.6. The molecule has 0 aromatic carbocycles. The molecule has 3 aliphatic rings. The molecule has 1 aliphatic carbocycles. The Bertz CT molecular complexity index is 1270. The van der Waals surface area contributed by atoms with Crippen LogP contribution in [-0.2, 0) is 28.2 Å². The maximum absolute atomic E-state index is 12.6. The second-order valence-electron chi connectivity index (χ2n) is 16.8. The molecular formula is C42H69NO6Si. The number of rotatable bonds is 17. The third-order valence-corrected chi connectivity index (χ3v) is 18.3. The largest absolute Gasteiger partial charge is 0.462 e. The number of nitriles is 1. The van der Waals surface area contributed by atoms with Crippen LogP contribution in [-0.4, -0.2) is 57.7 Å². The molecule has 0 saturated carbocycles. The van der Waals surface area contributed by atoms with Crippen molar-refractivity contribution in [2.24, 2.45) is 17.3 Å². The minimum atomic E-state index is -1.86. The molecule has 7 nitrogen and oxygen atoms in total. The molecule has 50 heavy (non-hydrogen) atoms. The Balaban J connectivity index is 1.70. The van der Waals surface area contributed by atoms with Crippen molar-refractivity contribution in [2.45, 2.75) is 188 Å². The van der Waals surface area contributed by atoms with Gasteiger partial charge in [0.1, 0.15) is 12.2 Å². The van der Waals surface area contributed by atoms with Crippen LogP contribution in [0.5, 0.6) is 0 Å². The first-order valence-electron chi connectivity index (χ1n) is 19.4. The highest BCUT2D eigenvalue weighted by molar-refractivity contribution is 6.77. The van der Waals surface area contributed by atoms with E-state index in [0.717, 1.165) is 50.7 Å². The average molecular weight is 712 g/mol. The molecule has 0 spiro atoms. The van der Waals surface area contributed by atoms with E-state index in [-0.39, 0.29) is 30.2 Å². The summed E-state index contributed by atoms with van der Waals surface area (Å²) >= 11 is 0. The van der Waals surface area contributed by atoms with E-state index in [0.29, 0.717) is 48.4 Å². The van der Waals surface area contributed by atoms with Gasteiger partial charge in [-0.25, -0.2) is 0 Å². The van der Waals surface area contributed by atoms with Crippen molar-refractivity contribution in [2.75, 3.05) is 13.2 Å². The number of hydrogen-bond donors (Lipinski definition) is 0. The van der Waals surface area contributed by atoms with Crippen LogP contribution in [0.2, 0.25) is 16.6 Å². The lowest BCUT2D eigenvalue weighted by molar-refractivity contribution is -0.157. The van der Waals surface area contributed by atoms with Crippen molar-refractivity contribution in [3.8, 4) is 18.4 Å². The first-order chi connectivity index (χ1) is 23.5. The lowest BCUT2D eigenvalue weighted by Gasteiger charge is -2.48. The third-order valence-electron chi connectivity index (χ3n) is 12.2. The minimum absolute atomic E-state index is 0.0786. The van der Waals surface area contributed by atoms with Crippen LogP contribution in [0, 0.1) is 40.9 Å². The molecule has 0 unspecified atom stereocenters. The number of esters is 1. The van der Waals surface area contributed by atoms with Gasteiger partial charge >= 0.3 is 5.97 Å². The quantitative estimate of drug-likeness (QED) is 0.0488. The molecule has 282 valence electrons. The maximum Gasteiger partial charge on any atom is 0.302 e. The van der Waals surface area contributed by atoms with Crippen molar-refractivity contribution in [3.05, 3.63) is 22.8 Å². The molecule has 7 atom stereocenters. The normalized spacial score (nSPS) is 29.5. The molecule has 3 rings (SSSR count). The molecule has 0 N–H and O–H groups in total. The number of terminal acetylenes is 1. The fourth-order valence-corrected chi connectivity index (χ4v) is 15.4. The molecule has 8 heteroatoms. The van der Waals surface area contributed by atoms with Crippen LogP contribution in [0.4, 0.5) is 0 Å². The number of ether oxygens (including phenoxy) is 4. The van der Waals surface area contributed by atoms with Gasteiger partial charge in [-0.05, 0) is 113 Å². The van der Waals surface area contributed by atoms with Gasteiger partial charge in [0, 0.05) is 25.4 Å². The van der Waals surface area contributed by atoms with E-state index >= 15 is 0 Å². The summed E-state index contributed by atoms with van der Waals surface area (Å²) < 4.78 is 31.7. The van der Waals surface area contributed by atoms with Crippen molar-refractivity contribution in [3.63, 3.8) is 0 Å². The van der Waals surface area contributed by atoms with Crippen LogP contribution in [0.15, 0.2) is 22.8 Å². The van der Waals surface area contributed by atoms with Crippen LogP contribution < -0.4 is 0 Å². The number of allylic oxidation sites excluding steroid dienone is 2. The highest BCUT2D eigenvalue weighted by Gasteiger charge is 2.51. The zero-order chi connectivity index (χ0) is 37.4. The summed E-state index contributed by atoms with van der Waals surface area (Å²) in [6.45, 7) is 27.2. The second-order valence-corrected chi connectivity index (χ2v) is 22.3. The van der Waals surface area contributed by atoms with Crippen LogP contribution in [0.1, 0.15) is 141 Å². The highest BCUT2D eigenvalue weighted by atomic mass is 28.4.